The van der Waals surface area contributed by atoms with Crippen molar-refractivity contribution in [3.05, 3.63) is 0 Å². The number of carbonyl (C=O) groups is 1. The molecule has 4 unspecified atom stereocenters. The van der Waals surface area contributed by atoms with Gasteiger partial charge >= 0.3 is 5.97 Å². The highest BCUT2D eigenvalue weighted by Gasteiger charge is 2.64. The molecule has 4 heteroatoms. The minimum absolute atomic E-state index is 0.0128. The fraction of sp³-hybridized carbons (Fsp3) is 0.917. The summed E-state index contributed by atoms with van der Waals surface area (Å²) in [7, 11) is 0. The van der Waals surface area contributed by atoms with Crippen molar-refractivity contribution in [3.8, 4) is 0 Å². The van der Waals surface area contributed by atoms with Gasteiger partial charge in [-0.25, -0.2) is 0 Å². The van der Waals surface area contributed by atoms with Crippen LogP contribution in [0.3, 0.4) is 0 Å². The first-order valence-electron chi connectivity index (χ1n) is 11.6. The van der Waals surface area contributed by atoms with Crippen molar-refractivity contribution in [1.29, 1.82) is 0 Å². The van der Waals surface area contributed by atoms with Crippen molar-refractivity contribution in [2.75, 3.05) is 0 Å². The van der Waals surface area contributed by atoms with E-state index in [0.29, 0.717) is 35.0 Å². The molecule has 4 aliphatic rings. The predicted octanol–water partition coefficient (Wildman–Crippen LogP) is 5.67. The molecule has 28 heavy (non-hydrogen) atoms. The van der Waals surface area contributed by atoms with E-state index < -0.39 is 0 Å². The van der Waals surface area contributed by atoms with Crippen LogP contribution in [0.2, 0.25) is 0 Å². The number of oxime groups is 1. The molecule has 4 saturated carbocycles. The van der Waals surface area contributed by atoms with Crippen molar-refractivity contribution in [1.82, 2.24) is 0 Å². The SMILES string of the molecule is CC[C@H]1CCC2C3C(CC[C@@]21C)[C@@]1(C)CC/C(=N/O)CC1[C@@H](C)[C@@H]3OC(C)=O. The number of rotatable bonds is 2. The van der Waals surface area contributed by atoms with Gasteiger partial charge in [0.15, 0.2) is 0 Å². The predicted molar refractivity (Wildman–Crippen MR) is 110 cm³/mol. The Labute approximate surface area is 170 Å². The van der Waals surface area contributed by atoms with Crippen molar-refractivity contribution < 1.29 is 14.7 Å². The number of esters is 1. The van der Waals surface area contributed by atoms with E-state index >= 15 is 0 Å². The summed E-state index contributed by atoms with van der Waals surface area (Å²) in [5.41, 5.74) is 1.60. The fourth-order valence-corrected chi connectivity index (χ4v) is 8.68. The molecule has 158 valence electrons. The number of hydrogen-bond donors (Lipinski definition) is 1. The Hall–Kier alpha value is -1.06. The molecule has 4 nitrogen and oxygen atoms in total. The zero-order valence-corrected chi connectivity index (χ0v) is 18.4. The highest BCUT2D eigenvalue weighted by atomic mass is 16.5. The van der Waals surface area contributed by atoms with Gasteiger partial charge in [-0.1, -0.05) is 39.3 Å². The Kier molecular flexibility index (Phi) is 5.07. The molecule has 0 radical (unpaired) electrons. The summed E-state index contributed by atoms with van der Waals surface area (Å²) in [6.07, 6.45) is 9.38. The fourth-order valence-electron chi connectivity index (χ4n) is 8.68. The molecule has 0 amide bonds. The highest BCUT2D eigenvalue weighted by molar-refractivity contribution is 5.85. The van der Waals surface area contributed by atoms with Crippen molar-refractivity contribution in [3.63, 3.8) is 0 Å². The average Bonchev–Trinajstić information content (AvgIpc) is 3.00. The van der Waals surface area contributed by atoms with Gasteiger partial charge < -0.3 is 9.94 Å². The maximum Gasteiger partial charge on any atom is 0.302 e. The molecule has 0 heterocycles. The van der Waals surface area contributed by atoms with Gasteiger partial charge in [-0.15, -0.1) is 0 Å². The molecule has 1 N–H and O–H groups in total. The smallest absolute Gasteiger partial charge is 0.302 e. The van der Waals surface area contributed by atoms with Gasteiger partial charge in [0.25, 0.3) is 0 Å². The van der Waals surface area contributed by atoms with E-state index in [0.717, 1.165) is 30.9 Å². The van der Waals surface area contributed by atoms with Crippen LogP contribution in [0, 0.1) is 46.3 Å². The van der Waals surface area contributed by atoms with Crippen LogP contribution in [-0.4, -0.2) is 23.0 Å². The van der Waals surface area contributed by atoms with E-state index in [4.69, 9.17) is 4.74 Å². The third-order valence-corrected chi connectivity index (χ3v) is 10.1. The zero-order chi connectivity index (χ0) is 20.3. The number of fused-ring (bicyclic) bond motifs is 5. The molecule has 0 aromatic carbocycles. The lowest BCUT2D eigenvalue weighted by atomic mass is 9.42. The minimum atomic E-state index is -0.136. The van der Waals surface area contributed by atoms with E-state index in [1.165, 1.54) is 32.1 Å². The third-order valence-electron chi connectivity index (χ3n) is 10.1. The van der Waals surface area contributed by atoms with Gasteiger partial charge in [0, 0.05) is 12.8 Å². The Morgan fingerprint density at radius 1 is 1.14 bits per heavy atom. The molecular formula is C24H39NO3. The second kappa shape index (κ2) is 7.02. The number of ether oxygens (including phenoxy) is 1. The van der Waals surface area contributed by atoms with Crippen LogP contribution in [0.5, 0.6) is 0 Å². The third kappa shape index (κ3) is 2.76. The summed E-state index contributed by atoms with van der Waals surface area (Å²) in [5.74, 6) is 3.21. The Bertz CT molecular complexity index is 660. The Morgan fingerprint density at radius 2 is 1.86 bits per heavy atom. The molecule has 0 aliphatic heterocycles. The summed E-state index contributed by atoms with van der Waals surface area (Å²) in [4.78, 5) is 12.1. The molecule has 0 saturated heterocycles. The first-order valence-corrected chi connectivity index (χ1v) is 11.6. The monoisotopic (exact) mass is 389 g/mol. The zero-order valence-electron chi connectivity index (χ0n) is 18.4. The lowest BCUT2D eigenvalue weighted by molar-refractivity contribution is -0.201. The van der Waals surface area contributed by atoms with Crippen LogP contribution >= 0.6 is 0 Å². The summed E-state index contributed by atoms with van der Waals surface area (Å²) in [6, 6.07) is 0. The van der Waals surface area contributed by atoms with Crippen LogP contribution < -0.4 is 0 Å². The minimum Gasteiger partial charge on any atom is -0.462 e. The van der Waals surface area contributed by atoms with Crippen LogP contribution in [0.15, 0.2) is 5.16 Å². The molecule has 0 aromatic rings. The van der Waals surface area contributed by atoms with Gasteiger partial charge in [0.05, 0.1) is 5.71 Å². The van der Waals surface area contributed by atoms with E-state index in [1.54, 1.807) is 6.92 Å². The Morgan fingerprint density at radius 3 is 2.50 bits per heavy atom. The van der Waals surface area contributed by atoms with E-state index in [1.807, 2.05) is 0 Å². The number of nitrogens with zero attached hydrogens (tertiary/aromatic N) is 1. The van der Waals surface area contributed by atoms with Gasteiger partial charge in [0.2, 0.25) is 0 Å². The second-order valence-electron chi connectivity index (χ2n) is 10.9. The van der Waals surface area contributed by atoms with Gasteiger partial charge in [0.1, 0.15) is 6.10 Å². The normalized spacial score (nSPS) is 51.9. The largest absolute Gasteiger partial charge is 0.462 e. The highest BCUT2D eigenvalue weighted by Crippen LogP contribution is 2.68. The van der Waals surface area contributed by atoms with Gasteiger partial charge in [-0.3, -0.25) is 4.79 Å². The van der Waals surface area contributed by atoms with Crippen molar-refractivity contribution in [2.24, 2.45) is 51.5 Å². The first-order chi connectivity index (χ1) is 13.3. The molecule has 4 rings (SSSR count). The number of hydrogen-bond acceptors (Lipinski definition) is 4. The van der Waals surface area contributed by atoms with Gasteiger partial charge in [-0.05, 0) is 85.4 Å². The molecule has 0 spiro atoms. The second-order valence-corrected chi connectivity index (χ2v) is 10.9. The van der Waals surface area contributed by atoms with E-state index in [9.17, 15) is 10.0 Å². The molecule has 0 aromatic heterocycles. The standard InChI is InChI=1S/C24H39NO3/c1-6-16-7-8-18-21-19(10-12-23(16,18)4)24(5)11-9-17(25-27)13-20(24)14(2)22(21)28-15(3)26/h14,16,18-22,27H,6-13H2,1-5H3/b25-17-/t14-,16+,18?,19?,20?,21?,22+,23-,24-/m1/s1. The van der Waals surface area contributed by atoms with E-state index in [-0.39, 0.29) is 17.5 Å². The van der Waals surface area contributed by atoms with Crippen LogP contribution in [0.1, 0.15) is 86.0 Å². The molecular weight excluding hydrogens is 350 g/mol. The van der Waals surface area contributed by atoms with Crippen LogP contribution in [-0.2, 0) is 9.53 Å². The molecule has 4 fully saturated rings. The lowest BCUT2D eigenvalue weighted by Gasteiger charge is -2.64. The summed E-state index contributed by atoms with van der Waals surface area (Å²) >= 11 is 0. The summed E-state index contributed by atoms with van der Waals surface area (Å²) < 4.78 is 6.12. The quantitative estimate of drug-likeness (QED) is 0.376. The summed E-state index contributed by atoms with van der Waals surface area (Å²) in [5, 5.41) is 13.0. The van der Waals surface area contributed by atoms with Gasteiger partial charge in [-0.2, -0.15) is 0 Å². The first kappa shape index (κ1) is 20.2. The summed E-state index contributed by atoms with van der Waals surface area (Å²) in [6.45, 7) is 11.3. The maximum absolute atomic E-state index is 12.1. The molecule has 4 aliphatic carbocycles. The Balaban J connectivity index is 1.75. The maximum atomic E-state index is 12.1. The average molecular weight is 390 g/mol. The number of carbonyl (C=O) groups excluding carboxylic acids is 1. The van der Waals surface area contributed by atoms with Crippen LogP contribution in [0.4, 0.5) is 0 Å². The van der Waals surface area contributed by atoms with Crippen molar-refractivity contribution in [2.45, 2.75) is 92.1 Å². The molecule has 0 bridgehead atoms. The van der Waals surface area contributed by atoms with E-state index in [2.05, 4.69) is 32.9 Å². The van der Waals surface area contributed by atoms with Crippen molar-refractivity contribution >= 4 is 11.7 Å². The topological polar surface area (TPSA) is 58.9 Å². The molecule has 9 atom stereocenters. The lowest BCUT2D eigenvalue weighted by Crippen LogP contribution is -2.62. The van der Waals surface area contributed by atoms with Crippen LogP contribution in [0.25, 0.3) is 0 Å².